The van der Waals surface area contributed by atoms with Crippen molar-refractivity contribution in [2.24, 2.45) is 11.8 Å². The summed E-state index contributed by atoms with van der Waals surface area (Å²) in [5.74, 6) is -2.05. The third-order valence-electron chi connectivity index (χ3n) is 3.58. The molecule has 0 radical (unpaired) electrons. The van der Waals surface area contributed by atoms with Crippen molar-refractivity contribution in [2.75, 3.05) is 0 Å². The van der Waals surface area contributed by atoms with E-state index in [1.165, 1.54) is 6.42 Å². The average Bonchev–Trinajstić information content (AvgIpc) is 2.29. The Hall–Kier alpha value is -1.32. The second kappa shape index (κ2) is 6.42. The molecule has 1 fully saturated rings. The summed E-state index contributed by atoms with van der Waals surface area (Å²) in [6, 6.07) is 0. The van der Waals surface area contributed by atoms with Crippen molar-refractivity contribution in [3.8, 4) is 0 Å². The Kier molecular flexibility index (Phi) is 5.19. The van der Waals surface area contributed by atoms with Crippen LogP contribution in [0.4, 0.5) is 0 Å². The van der Waals surface area contributed by atoms with E-state index in [1.54, 1.807) is 0 Å². The van der Waals surface area contributed by atoms with Gasteiger partial charge in [-0.05, 0) is 31.1 Å². The van der Waals surface area contributed by atoms with Crippen LogP contribution in [0.25, 0.3) is 0 Å². The molecule has 17 heavy (non-hydrogen) atoms. The zero-order valence-electron chi connectivity index (χ0n) is 10.2. The third-order valence-corrected chi connectivity index (χ3v) is 3.58. The molecular weight excluding hydrogens is 220 g/mol. The molecular formula is C13H20O4. The third kappa shape index (κ3) is 3.88. The molecule has 2 N–H and O–H groups in total. The van der Waals surface area contributed by atoms with Gasteiger partial charge in [0.05, 0.1) is 0 Å². The molecule has 1 unspecified atom stereocenters. The lowest BCUT2D eigenvalue weighted by Crippen LogP contribution is -2.24. The molecule has 1 aliphatic carbocycles. The van der Waals surface area contributed by atoms with E-state index < -0.39 is 11.9 Å². The normalized spacial score (nSPS) is 19.9. The van der Waals surface area contributed by atoms with Gasteiger partial charge >= 0.3 is 11.9 Å². The van der Waals surface area contributed by atoms with Crippen LogP contribution in [0.1, 0.15) is 45.4 Å². The fourth-order valence-electron chi connectivity index (χ4n) is 2.80. The molecule has 1 atom stereocenters. The SMILES string of the molecule is CCC(/C(=C/C(=O)O)C(=O)O)C1CCCCC1. The van der Waals surface area contributed by atoms with Crippen molar-refractivity contribution in [1.82, 2.24) is 0 Å². The Morgan fingerprint density at radius 1 is 1.24 bits per heavy atom. The molecule has 1 rings (SSSR count). The maximum absolute atomic E-state index is 11.1. The van der Waals surface area contributed by atoms with Gasteiger partial charge in [-0.1, -0.05) is 26.2 Å². The Bertz CT molecular complexity index is 313. The Morgan fingerprint density at radius 2 is 1.82 bits per heavy atom. The number of carbonyl (C=O) groups is 2. The van der Waals surface area contributed by atoms with Crippen molar-refractivity contribution < 1.29 is 19.8 Å². The predicted octanol–water partition coefficient (Wildman–Crippen LogP) is 2.69. The first kappa shape index (κ1) is 13.7. The van der Waals surface area contributed by atoms with Gasteiger partial charge < -0.3 is 10.2 Å². The minimum absolute atomic E-state index is 0.0619. The summed E-state index contributed by atoms with van der Waals surface area (Å²) in [6.45, 7) is 1.93. The first-order valence-electron chi connectivity index (χ1n) is 6.24. The molecule has 0 aromatic heterocycles. The Labute approximate surface area is 101 Å². The lowest BCUT2D eigenvalue weighted by atomic mass is 9.75. The number of carboxylic acid groups (broad SMARTS) is 2. The van der Waals surface area contributed by atoms with Gasteiger partial charge in [-0.3, -0.25) is 0 Å². The van der Waals surface area contributed by atoms with Crippen LogP contribution in [-0.2, 0) is 9.59 Å². The van der Waals surface area contributed by atoms with Crippen LogP contribution in [0, 0.1) is 11.8 Å². The van der Waals surface area contributed by atoms with Gasteiger partial charge in [-0.15, -0.1) is 0 Å². The van der Waals surface area contributed by atoms with E-state index in [0.29, 0.717) is 12.3 Å². The zero-order valence-corrected chi connectivity index (χ0v) is 10.2. The molecule has 0 aliphatic heterocycles. The molecule has 0 bridgehead atoms. The lowest BCUT2D eigenvalue weighted by molar-refractivity contribution is -0.135. The summed E-state index contributed by atoms with van der Waals surface area (Å²) < 4.78 is 0. The summed E-state index contributed by atoms with van der Waals surface area (Å²) in [6.07, 6.45) is 7.05. The molecule has 0 spiro atoms. The summed E-state index contributed by atoms with van der Waals surface area (Å²) in [7, 11) is 0. The van der Waals surface area contributed by atoms with Crippen LogP contribution in [0.15, 0.2) is 11.6 Å². The Morgan fingerprint density at radius 3 is 2.24 bits per heavy atom. The van der Waals surface area contributed by atoms with Crippen LogP contribution >= 0.6 is 0 Å². The van der Waals surface area contributed by atoms with E-state index in [9.17, 15) is 9.59 Å². The molecule has 0 aromatic rings. The summed E-state index contributed by atoms with van der Waals surface area (Å²) >= 11 is 0. The van der Waals surface area contributed by atoms with Crippen LogP contribution in [0.5, 0.6) is 0 Å². The predicted molar refractivity (Wildman–Crippen MR) is 63.7 cm³/mol. The second-order valence-corrected chi connectivity index (χ2v) is 4.66. The van der Waals surface area contributed by atoms with E-state index in [0.717, 1.165) is 31.8 Å². The monoisotopic (exact) mass is 240 g/mol. The second-order valence-electron chi connectivity index (χ2n) is 4.66. The first-order valence-corrected chi connectivity index (χ1v) is 6.24. The van der Waals surface area contributed by atoms with Crippen molar-refractivity contribution in [2.45, 2.75) is 45.4 Å². The van der Waals surface area contributed by atoms with E-state index in [2.05, 4.69) is 0 Å². The van der Waals surface area contributed by atoms with Crippen molar-refractivity contribution in [3.05, 3.63) is 11.6 Å². The highest BCUT2D eigenvalue weighted by molar-refractivity contribution is 5.95. The van der Waals surface area contributed by atoms with Crippen LogP contribution in [0.2, 0.25) is 0 Å². The fourth-order valence-corrected chi connectivity index (χ4v) is 2.80. The highest BCUT2D eigenvalue weighted by Crippen LogP contribution is 2.35. The lowest BCUT2D eigenvalue weighted by Gasteiger charge is -2.29. The number of carboxylic acids is 2. The van der Waals surface area contributed by atoms with Crippen LogP contribution in [-0.4, -0.2) is 22.2 Å². The van der Waals surface area contributed by atoms with Gasteiger partial charge in [-0.25, -0.2) is 9.59 Å². The topological polar surface area (TPSA) is 74.6 Å². The number of aliphatic carboxylic acids is 2. The molecule has 96 valence electrons. The minimum Gasteiger partial charge on any atom is -0.478 e. The van der Waals surface area contributed by atoms with E-state index >= 15 is 0 Å². The molecule has 0 aromatic carbocycles. The van der Waals surface area contributed by atoms with Gasteiger partial charge in [0, 0.05) is 11.6 Å². The molecule has 1 aliphatic rings. The van der Waals surface area contributed by atoms with Gasteiger partial charge in [0.1, 0.15) is 0 Å². The van der Waals surface area contributed by atoms with Crippen molar-refractivity contribution >= 4 is 11.9 Å². The van der Waals surface area contributed by atoms with Crippen molar-refractivity contribution in [3.63, 3.8) is 0 Å². The van der Waals surface area contributed by atoms with Crippen molar-refractivity contribution in [1.29, 1.82) is 0 Å². The molecule has 0 amide bonds. The molecule has 0 saturated heterocycles. The van der Waals surface area contributed by atoms with E-state index in [-0.39, 0.29) is 11.5 Å². The molecule has 1 saturated carbocycles. The smallest absolute Gasteiger partial charge is 0.332 e. The average molecular weight is 240 g/mol. The molecule has 0 heterocycles. The Balaban J connectivity index is 2.88. The first-order chi connectivity index (χ1) is 8.06. The van der Waals surface area contributed by atoms with E-state index in [1.807, 2.05) is 6.92 Å². The number of hydrogen-bond acceptors (Lipinski definition) is 2. The molecule has 4 nitrogen and oxygen atoms in total. The molecule has 4 heteroatoms. The zero-order chi connectivity index (χ0) is 12.8. The van der Waals surface area contributed by atoms with Gasteiger partial charge in [-0.2, -0.15) is 0 Å². The summed E-state index contributed by atoms with van der Waals surface area (Å²) in [4.78, 5) is 21.8. The highest BCUT2D eigenvalue weighted by atomic mass is 16.4. The maximum atomic E-state index is 11.1. The number of hydrogen-bond donors (Lipinski definition) is 2. The van der Waals surface area contributed by atoms with Gasteiger partial charge in [0.2, 0.25) is 0 Å². The summed E-state index contributed by atoms with van der Waals surface area (Å²) in [5.41, 5.74) is 0.0619. The van der Waals surface area contributed by atoms with Gasteiger partial charge in [0.15, 0.2) is 0 Å². The van der Waals surface area contributed by atoms with Gasteiger partial charge in [0.25, 0.3) is 0 Å². The van der Waals surface area contributed by atoms with Crippen LogP contribution in [0.3, 0.4) is 0 Å². The fraction of sp³-hybridized carbons (Fsp3) is 0.692. The number of rotatable bonds is 5. The highest BCUT2D eigenvalue weighted by Gasteiger charge is 2.29. The maximum Gasteiger partial charge on any atom is 0.332 e. The summed E-state index contributed by atoms with van der Waals surface area (Å²) in [5, 5.41) is 17.9. The van der Waals surface area contributed by atoms with E-state index in [4.69, 9.17) is 10.2 Å². The largest absolute Gasteiger partial charge is 0.478 e. The standard InChI is InChI=1S/C13H20O4/c1-2-10(9-6-4-3-5-7-9)11(13(16)17)8-12(14)15/h8-10H,2-7H2,1H3,(H,14,15)(H,16,17)/b11-8-. The minimum atomic E-state index is -1.17. The van der Waals surface area contributed by atoms with Crippen LogP contribution < -0.4 is 0 Å². The quantitative estimate of drug-likeness (QED) is 0.724.